The Morgan fingerprint density at radius 3 is 2.78 bits per heavy atom. The summed E-state index contributed by atoms with van der Waals surface area (Å²) in [5.41, 5.74) is 1.25. The minimum absolute atomic E-state index is 0.00225. The summed E-state index contributed by atoms with van der Waals surface area (Å²) < 4.78 is 13.6. The highest BCUT2D eigenvalue weighted by atomic mass is 19.1. The zero-order chi connectivity index (χ0) is 29.8. The maximum atomic E-state index is 13.6. The third kappa shape index (κ3) is 10.2. The number of benzene rings is 1. The van der Waals surface area contributed by atoms with E-state index in [2.05, 4.69) is 44.7 Å². The molecule has 1 aliphatic carbocycles. The molecule has 1 fully saturated rings. The van der Waals surface area contributed by atoms with Gasteiger partial charge in [0.1, 0.15) is 17.7 Å². The van der Waals surface area contributed by atoms with Crippen LogP contribution >= 0.6 is 0 Å². The van der Waals surface area contributed by atoms with Gasteiger partial charge in [0.25, 0.3) is 0 Å². The third-order valence-electron chi connectivity index (χ3n) is 6.88. The van der Waals surface area contributed by atoms with Gasteiger partial charge in [-0.2, -0.15) is 4.98 Å². The maximum Gasteiger partial charge on any atom is 0.246 e. The van der Waals surface area contributed by atoms with E-state index in [0.29, 0.717) is 29.6 Å². The number of hydrogen-bond acceptors (Lipinski definition) is 7. The fraction of sp³-hybridized carbons (Fsp3) is 0.484. The first-order valence-corrected chi connectivity index (χ1v) is 14.2. The molecule has 3 atom stereocenters. The third-order valence-corrected chi connectivity index (χ3v) is 6.88. The van der Waals surface area contributed by atoms with Crippen molar-refractivity contribution in [2.75, 3.05) is 44.9 Å². The molecule has 0 unspecified atom stereocenters. The molecule has 41 heavy (non-hydrogen) atoms. The molecule has 220 valence electrons. The number of hydrogen-bond donors (Lipinski definition) is 3. The Bertz CT molecular complexity index is 1270. The predicted molar refractivity (Wildman–Crippen MR) is 161 cm³/mol. The average Bonchev–Trinajstić information content (AvgIpc) is 2.94. The highest BCUT2D eigenvalue weighted by molar-refractivity contribution is 5.92. The standard InChI is InChI=1S/C31H42FN7O2/c1-6-17-33-29-24(21-34-31(37-29)36-27-13-8-11-25(32)20-27)16-15-23-10-7-12-26(19-23)35-30(41)22(2)39(5)28(40)14-9-18-38(3)4/h8-9,11,13-14,20-23,26H,6-7,10,12,17-19H2,1-5H3,(H,35,41)(H2,33,34,36,37)/b14-9+/t22-,23+,26-/m0/s1. The fourth-order valence-corrected chi connectivity index (χ4v) is 4.41. The fourth-order valence-electron chi connectivity index (χ4n) is 4.41. The average molecular weight is 564 g/mol. The summed E-state index contributed by atoms with van der Waals surface area (Å²) in [6.45, 7) is 5.19. The topological polar surface area (TPSA) is 102 Å². The van der Waals surface area contributed by atoms with E-state index in [1.807, 2.05) is 19.0 Å². The van der Waals surface area contributed by atoms with Gasteiger partial charge in [-0.1, -0.05) is 37.3 Å². The smallest absolute Gasteiger partial charge is 0.246 e. The van der Waals surface area contributed by atoms with Crippen molar-refractivity contribution in [1.29, 1.82) is 0 Å². The zero-order valence-electron chi connectivity index (χ0n) is 24.7. The number of nitrogens with zero attached hydrogens (tertiary/aromatic N) is 4. The zero-order valence-corrected chi connectivity index (χ0v) is 24.7. The number of halogens is 1. The Morgan fingerprint density at radius 1 is 1.24 bits per heavy atom. The molecule has 1 heterocycles. The van der Waals surface area contributed by atoms with Gasteiger partial charge in [-0.3, -0.25) is 9.59 Å². The highest BCUT2D eigenvalue weighted by Crippen LogP contribution is 2.25. The Hall–Kier alpha value is -3.97. The molecule has 3 N–H and O–H groups in total. The summed E-state index contributed by atoms with van der Waals surface area (Å²) in [6.07, 6.45) is 9.40. The normalized spacial score (nSPS) is 17.4. The molecule has 0 bridgehead atoms. The van der Waals surface area contributed by atoms with Crippen LogP contribution in [0, 0.1) is 23.6 Å². The van der Waals surface area contributed by atoms with Gasteiger partial charge in [-0.15, -0.1) is 0 Å². The molecule has 1 saturated carbocycles. The van der Waals surface area contributed by atoms with Crippen molar-refractivity contribution < 1.29 is 14.0 Å². The van der Waals surface area contributed by atoms with Crippen LogP contribution in [-0.4, -0.2) is 77.9 Å². The van der Waals surface area contributed by atoms with Crippen molar-refractivity contribution in [3.05, 3.63) is 54.0 Å². The number of rotatable bonds is 11. The summed E-state index contributed by atoms with van der Waals surface area (Å²) in [5, 5.41) is 9.47. The molecule has 2 amide bonds. The van der Waals surface area contributed by atoms with E-state index >= 15 is 0 Å². The van der Waals surface area contributed by atoms with Crippen molar-refractivity contribution >= 4 is 29.3 Å². The van der Waals surface area contributed by atoms with Gasteiger partial charge in [0.2, 0.25) is 17.8 Å². The van der Waals surface area contributed by atoms with Gasteiger partial charge in [-0.25, -0.2) is 9.37 Å². The second kappa shape index (κ2) is 15.7. The monoisotopic (exact) mass is 563 g/mol. The Balaban J connectivity index is 1.62. The summed E-state index contributed by atoms with van der Waals surface area (Å²) in [4.78, 5) is 37.7. The van der Waals surface area contributed by atoms with Gasteiger partial charge in [0, 0.05) is 43.9 Å². The van der Waals surface area contributed by atoms with E-state index in [1.54, 1.807) is 38.4 Å². The Labute approximate surface area is 243 Å². The second-order valence-corrected chi connectivity index (χ2v) is 10.6. The minimum Gasteiger partial charge on any atom is -0.369 e. The van der Waals surface area contributed by atoms with E-state index in [4.69, 9.17) is 0 Å². The van der Waals surface area contributed by atoms with Crippen LogP contribution in [0.5, 0.6) is 0 Å². The first-order valence-electron chi connectivity index (χ1n) is 14.2. The quantitative estimate of drug-likeness (QED) is 0.279. The van der Waals surface area contributed by atoms with Gasteiger partial charge in [0.05, 0.1) is 11.8 Å². The molecule has 0 spiro atoms. The van der Waals surface area contributed by atoms with Crippen molar-refractivity contribution in [3.63, 3.8) is 0 Å². The van der Waals surface area contributed by atoms with E-state index < -0.39 is 6.04 Å². The largest absolute Gasteiger partial charge is 0.369 e. The van der Waals surface area contributed by atoms with Crippen LogP contribution in [0.3, 0.4) is 0 Å². The lowest BCUT2D eigenvalue weighted by Crippen LogP contribution is -2.49. The number of nitrogens with one attached hydrogen (secondary N) is 3. The Kier molecular flexibility index (Phi) is 12.1. The van der Waals surface area contributed by atoms with E-state index in [9.17, 15) is 14.0 Å². The first-order chi connectivity index (χ1) is 19.7. The molecule has 0 radical (unpaired) electrons. The summed E-state index contributed by atoms with van der Waals surface area (Å²) in [6, 6.07) is 5.55. The van der Waals surface area contributed by atoms with Gasteiger partial charge in [0.15, 0.2) is 0 Å². The number of likely N-dealkylation sites (N-methyl/N-ethyl adjacent to an activating group) is 2. The molecular formula is C31H42FN7O2. The maximum absolute atomic E-state index is 13.6. The minimum atomic E-state index is -0.582. The molecule has 0 aliphatic heterocycles. The lowest BCUT2D eigenvalue weighted by atomic mass is 9.86. The predicted octanol–water partition coefficient (Wildman–Crippen LogP) is 4.17. The number of carbonyl (C=O) groups is 2. The van der Waals surface area contributed by atoms with Crippen LogP contribution in [0.1, 0.15) is 51.5 Å². The Morgan fingerprint density at radius 2 is 2.05 bits per heavy atom. The number of anilines is 3. The molecule has 1 aromatic carbocycles. The van der Waals surface area contributed by atoms with E-state index in [1.165, 1.54) is 23.1 Å². The highest BCUT2D eigenvalue weighted by Gasteiger charge is 2.26. The summed E-state index contributed by atoms with van der Waals surface area (Å²) in [5.74, 6) is 6.99. The lowest BCUT2D eigenvalue weighted by Gasteiger charge is -2.30. The summed E-state index contributed by atoms with van der Waals surface area (Å²) >= 11 is 0. The van der Waals surface area contributed by atoms with Crippen LogP contribution in [-0.2, 0) is 9.59 Å². The number of carbonyl (C=O) groups excluding carboxylic acids is 2. The van der Waals surface area contributed by atoms with Gasteiger partial charge < -0.3 is 25.8 Å². The first kappa shape index (κ1) is 31.6. The van der Waals surface area contributed by atoms with Crippen molar-refractivity contribution in [1.82, 2.24) is 25.1 Å². The molecule has 1 aromatic heterocycles. The van der Waals surface area contributed by atoms with Crippen LogP contribution in [0.25, 0.3) is 0 Å². The van der Waals surface area contributed by atoms with Crippen molar-refractivity contribution in [2.24, 2.45) is 5.92 Å². The molecular weight excluding hydrogens is 521 g/mol. The molecule has 9 nitrogen and oxygen atoms in total. The van der Waals surface area contributed by atoms with Gasteiger partial charge in [-0.05, 0) is 64.9 Å². The van der Waals surface area contributed by atoms with Gasteiger partial charge >= 0.3 is 0 Å². The van der Waals surface area contributed by atoms with E-state index in [-0.39, 0.29) is 29.6 Å². The van der Waals surface area contributed by atoms with Crippen molar-refractivity contribution in [3.8, 4) is 11.8 Å². The summed E-state index contributed by atoms with van der Waals surface area (Å²) in [7, 11) is 5.50. The molecule has 3 rings (SSSR count). The van der Waals surface area contributed by atoms with Crippen LogP contribution < -0.4 is 16.0 Å². The van der Waals surface area contributed by atoms with Crippen LogP contribution in [0.2, 0.25) is 0 Å². The number of amides is 2. The second-order valence-electron chi connectivity index (χ2n) is 10.6. The SMILES string of the molecule is CCCNc1nc(Nc2cccc(F)c2)ncc1C#C[C@H]1CCC[C@H](NC(=O)[C@H](C)N(C)C(=O)/C=C/CN(C)C)C1. The lowest BCUT2D eigenvalue weighted by molar-refractivity contribution is -0.135. The van der Waals surface area contributed by atoms with E-state index in [0.717, 1.165) is 38.6 Å². The van der Waals surface area contributed by atoms with Crippen molar-refractivity contribution in [2.45, 2.75) is 58.0 Å². The molecule has 0 saturated heterocycles. The molecule has 1 aliphatic rings. The number of aromatic nitrogens is 2. The molecule has 10 heteroatoms. The van der Waals surface area contributed by atoms with Crippen LogP contribution in [0.4, 0.5) is 21.8 Å². The van der Waals surface area contributed by atoms with Crippen LogP contribution in [0.15, 0.2) is 42.6 Å². The molecule has 2 aromatic rings.